The molecule has 1 rings (SSSR count). The van der Waals surface area contributed by atoms with E-state index in [4.69, 9.17) is 11.5 Å². The predicted octanol–water partition coefficient (Wildman–Crippen LogP) is 1.06. The number of aromatic nitrogens is 1. The van der Waals surface area contributed by atoms with Gasteiger partial charge in [0.1, 0.15) is 5.82 Å². The van der Waals surface area contributed by atoms with Crippen molar-refractivity contribution in [2.24, 2.45) is 5.73 Å². The van der Waals surface area contributed by atoms with Crippen LogP contribution in [0.4, 0.5) is 11.5 Å². The zero-order valence-corrected chi connectivity index (χ0v) is 10.4. The molecule has 5 heteroatoms. The number of anilines is 2. The number of unbranched alkanes of at least 4 members (excludes halogenated alkanes) is 1. The average molecular weight is 236 g/mol. The molecule has 0 saturated carbocycles. The fourth-order valence-electron chi connectivity index (χ4n) is 1.54. The first-order valence-electron chi connectivity index (χ1n) is 5.80. The van der Waals surface area contributed by atoms with Crippen molar-refractivity contribution < 1.29 is 4.79 Å². The number of rotatable bonds is 6. The minimum absolute atomic E-state index is 0.191. The molecule has 4 N–H and O–H groups in total. The summed E-state index contributed by atoms with van der Waals surface area (Å²) in [5.74, 6) is 0.404. The van der Waals surface area contributed by atoms with Crippen molar-refractivity contribution in [2.75, 3.05) is 23.7 Å². The molecule has 1 amide bonds. The number of aryl methyl sites for hydroxylation is 1. The summed E-state index contributed by atoms with van der Waals surface area (Å²) >= 11 is 0. The Hall–Kier alpha value is -1.78. The second kappa shape index (κ2) is 6.08. The fourth-order valence-corrected chi connectivity index (χ4v) is 1.54. The molecule has 1 aromatic rings. The van der Waals surface area contributed by atoms with E-state index >= 15 is 0 Å². The number of nitrogens with two attached hydrogens (primary N) is 2. The molecule has 0 fully saturated rings. The number of carbonyl (C=O) groups excluding carboxylic acids is 1. The molecule has 5 nitrogen and oxygen atoms in total. The first-order valence-corrected chi connectivity index (χ1v) is 5.80. The summed E-state index contributed by atoms with van der Waals surface area (Å²) in [6, 6.07) is 1.88. The van der Waals surface area contributed by atoms with Gasteiger partial charge in [0.15, 0.2) is 0 Å². The van der Waals surface area contributed by atoms with Crippen LogP contribution in [0, 0.1) is 6.92 Å². The molecule has 0 spiro atoms. The molecular formula is C12H20N4O. The molecule has 94 valence electrons. The van der Waals surface area contributed by atoms with Gasteiger partial charge in [0.25, 0.3) is 0 Å². The Bertz CT molecular complexity index is 392. The molecule has 0 bridgehead atoms. The Kier molecular flexibility index (Phi) is 4.75. The van der Waals surface area contributed by atoms with Crippen molar-refractivity contribution >= 4 is 17.4 Å². The number of amides is 1. The SMILES string of the molecule is CCCCN(CC(N)=O)c1cc(C)c(N)cn1. The van der Waals surface area contributed by atoms with Crippen LogP contribution in [0.25, 0.3) is 0 Å². The number of primary amides is 1. The zero-order valence-electron chi connectivity index (χ0n) is 10.4. The lowest BCUT2D eigenvalue weighted by atomic mass is 10.2. The highest BCUT2D eigenvalue weighted by molar-refractivity contribution is 5.79. The molecule has 1 heterocycles. The van der Waals surface area contributed by atoms with Crippen LogP contribution in [0.5, 0.6) is 0 Å². The van der Waals surface area contributed by atoms with Gasteiger partial charge in [-0.05, 0) is 25.0 Å². The van der Waals surface area contributed by atoms with Crippen molar-refractivity contribution in [3.05, 3.63) is 17.8 Å². The summed E-state index contributed by atoms with van der Waals surface area (Å²) in [5, 5.41) is 0. The fraction of sp³-hybridized carbons (Fsp3) is 0.500. The molecule has 17 heavy (non-hydrogen) atoms. The van der Waals surface area contributed by atoms with Crippen LogP contribution < -0.4 is 16.4 Å². The lowest BCUT2D eigenvalue weighted by molar-refractivity contribution is -0.116. The van der Waals surface area contributed by atoms with Gasteiger partial charge in [-0.2, -0.15) is 0 Å². The maximum atomic E-state index is 11.0. The largest absolute Gasteiger partial charge is 0.397 e. The van der Waals surface area contributed by atoms with E-state index in [0.717, 1.165) is 30.8 Å². The highest BCUT2D eigenvalue weighted by Gasteiger charge is 2.11. The standard InChI is InChI=1S/C12H20N4O/c1-3-4-5-16(8-11(14)17)12-6-9(2)10(13)7-15-12/h6-7H,3-5,8,13H2,1-2H3,(H2,14,17). The topological polar surface area (TPSA) is 85.2 Å². The highest BCUT2D eigenvalue weighted by Crippen LogP contribution is 2.17. The Morgan fingerprint density at radius 3 is 2.76 bits per heavy atom. The lowest BCUT2D eigenvalue weighted by Gasteiger charge is -2.22. The van der Waals surface area contributed by atoms with Crippen LogP contribution in [0.15, 0.2) is 12.3 Å². The Balaban J connectivity index is 2.86. The summed E-state index contributed by atoms with van der Waals surface area (Å²) < 4.78 is 0. The summed E-state index contributed by atoms with van der Waals surface area (Å²) in [6.07, 6.45) is 3.67. The first kappa shape index (κ1) is 13.3. The second-order valence-electron chi connectivity index (χ2n) is 4.14. The third-order valence-electron chi connectivity index (χ3n) is 2.59. The maximum absolute atomic E-state index is 11.0. The van der Waals surface area contributed by atoms with Gasteiger partial charge in [-0.25, -0.2) is 4.98 Å². The van der Waals surface area contributed by atoms with E-state index in [1.165, 1.54) is 0 Å². The smallest absolute Gasteiger partial charge is 0.236 e. The summed E-state index contributed by atoms with van der Waals surface area (Å²) in [7, 11) is 0. The van der Waals surface area contributed by atoms with Crippen molar-refractivity contribution in [1.82, 2.24) is 4.98 Å². The number of nitrogen functional groups attached to an aromatic ring is 1. The quantitative estimate of drug-likeness (QED) is 0.773. The molecule has 0 saturated heterocycles. The van der Waals surface area contributed by atoms with Gasteiger partial charge in [-0.15, -0.1) is 0 Å². The van der Waals surface area contributed by atoms with E-state index in [9.17, 15) is 4.79 Å². The van der Waals surface area contributed by atoms with Gasteiger partial charge in [0.05, 0.1) is 18.4 Å². The van der Waals surface area contributed by atoms with Gasteiger partial charge in [-0.1, -0.05) is 13.3 Å². The van der Waals surface area contributed by atoms with Gasteiger partial charge in [0, 0.05) is 6.54 Å². The van der Waals surface area contributed by atoms with Crippen molar-refractivity contribution in [2.45, 2.75) is 26.7 Å². The van der Waals surface area contributed by atoms with Crippen LogP contribution in [-0.2, 0) is 4.79 Å². The van der Waals surface area contributed by atoms with Gasteiger partial charge < -0.3 is 16.4 Å². The Morgan fingerprint density at radius 2 is 2.24 bits per heavy atom. The van der Waals surface area contributed by atoms with E-state index in [1.807, 2.05) is 17.9 Å². The number of carbonyl (C=O) groups is 1. The van der Waals surface area contributed by atoms with Crippen LogP contribution in [0.1, 0.15) is 25.3 Å². The molecule has 1 aromatic heterocycles. The lowest BCUT2D eigenvalue weighted by Crippen LogP contribution is -2.35. The summed E-state index contributed by atoms with van der Waals surface area (Å²) in [4.78, 5) is 17.2. The van der Waals surface area contributed by atoms with Gasteiger partial charge in [0.2, 0.25) is 5.91 Å². The van der Waals surface area contributed by atoms with E-state index in [1.54, 1.807) is 6.20 Å². The molecule has 0 atom stereocenters. The average Bonchev–Trinajstić information content (AvgIpc) is 2.27. The van der Waals surface area contributed by atoms with Crippen molar-refractivity contribution in [1.29, 1.82) is 0 Å². The highest BCUT2D eigenvalue weighted by atomic mass is 16.1. The molecule has 0 aliphatic rings. The van der Waals surface area contributed by atoms with Crippen LogP contribution >= 0.6 is 0 Å². The second-order valence-corrected chi connectivity index (χ2v) is 4.14. The van der Waals surface area contributed by atoms with E-state index in [0.29, 0.717) is 5.69 Å². The van der Waals surface area contributed by atoms with Crippen LogP contribution in [0.2, 0.25) is 0 Å². The molecule has 0 unspecified atom stereocenters. The summed E-state index contributed by atoms with van der Waals surface area (Å²) in [6.45, 7) is 4.99. The predicted molar refractivity (Wildman–Crippen MR) is 69.7 cm³/mol. The third-order valence-corrected chi connectivity index (χ3v) is 2.59. The normalized spacial score (nSPS) is 10.2. The van der Waals surface area contributed by atoms with Crippen molar-refractivity contribution in [3.8, 4) is 0 Å². The monoisotopic (exact) mass is 236 g/mol. The number of nitrogens with zero attached hydrogens (tertiary/aromatic N) is 2. The first-order chi connectivity index (χ1) is 8.04. The van der Waals surface area contributed by atoms with Crippen molar-refractivity contribution in [3.63, 3.8) is 0 Å². The summed E-state index contributed by atoms with van der Waals surface area (Å²) in [5.41, 5.74) is 12.6. The van der Waals surface area contributed by atoms with Crippen LogP contribution in [0.3, 0.4) is 0 Å². The zero-order chi connectivity index (χ0) is 12.8. The molecule has 0 radical (unpaired) electrons. The van der Waals surface area contributed by atoms with Crippen LogP contribution in [-0.4, -0.2) is 24.0 Å². The maximum Gasteiger partial charge on any atom is 0.236 e. The van der Waals surface area contributed by atoms with E-state index < -0.39 is 0 Å². The third kappa shape index (κ3) is 3.94. The minimum Gasteiger partial charge on any atom is -0.397 e. The Labute approximate surface area is 102 Å². The van der Waals surface area contributed by atoms with E-state index in [-0.39, 0.29) is 12.5 Å². The van der Waals surface area contributed by atoms with Gasteiger partial charge >= 0.3 is 0 Å². The number of hydrogen-bond donors (Lipinski definition) is 2. The molecular weight excluding hydrogens is 216 g/mol. The molecule has 0 aromatic carbocycles. The molecule has 0 aliphatic carbocycles. The number of pyridine rings is 1. The number of hydrogen-bond acceptors (Lipinski definition) is 4. The van der Waals surface area contributed by atoms with E-state index in [2.05, 4.69) is 11.9 Å². The van der Waals surface area contributed by atoms with Gasteiger partial charge in [-0.3, -0.25) is 4.79 Å². The minimum atomic E-state index is -0.350. The molecule has 0 aliphatic heterocycles. The Morgan fingerprint density at radius 1 is 1.53 bits per heavy atom.